The Hall–Kier alpha value is -2.78. The van der Waals surface area contributed by atoms with E-state index in [0.29, 0.717) is 29.5 Å². The van der Waals surface area contributed by atoms with Gasteiger partial charge in [0.2, 0.25) is 5.91 Å². The van der Waals surface area contributed by atoms with Crippen molar-refractivity contribution < 1.29 is 19.4 Å². The molecule has 2 N–H and O–H groups in total. The van der Waals surface area contributed by atoms with Gasteiger partial charge in [0.15, 0.2) is 5.75 Å². The molecule has 0 atom stereocenters. The Bertz CT molecular complexity index is 822. The Morgan fingerprint density at radius 3 is 2.54 bits per heavy atom. The van der Waals surface area contributed by atoms with Gasteiger partial charge in [-0.2, -0.15) is 0 Å². The van der Waals surface area contributed by atoms with Gasteiger partial charge in [0, 0.05) is 11.8 Å². The summed E-state index contributed by atoms with van der Waals surface area (Å²) >= 11 is 1.35. The molecule has 2 rings (SSSR count). The zero-order valence-corrected chi connectivity index (χ0v) is 15.8. The highest BCUT2D eigenvalue weighted by Crippen LogP contribution is 2.45. The highest BCUT2D eigenvalue weighted by molar-refractivity contribution is 7.99. The van der Waals surface area contributed by atoms with Gasteiger partial charge in [0.05, 0.1) is 17.2 Å². The number of phenolic OH excluding ortho intramolecular Hbond substituents is 1. The number of benzene rings is 2. The Morgan fingerprint density at radius 1 is 1.19 bits per heavy atom. The summed E-state index contributed by atoms with van der Waals surface area (Å²) in [6.07, 6.45) is 0. The number of aromatic hydroxyl groups is 1. The first kappa shape index (κ1) is 19.5. The maximum Gasteiger partial charge on any atom is 0.221 e. The number of carbonyl (C=O) groups excluding carboxylic acids is 1. The topological polar surface area (TPSA) is 67.8 Å². The van der Waals surface area contributed by atoms with Crippen LogP contribution < -0.4 is 14.8 Å². The molecule has 0 bridgehead atoms. The Labute approximate surface area is 157 Å². The van der Waals surface area contributed by atoms with Gasteiger partial charge < -0.3 is 19.9 Å². The maximum absolute atomic E-state index is 11.3. The number of rotatable bonds is 7. The second-order valence-electron chi connectivity index (χ2n) is 5.19. The maximum atomic E-state index is 11.3. The number of carbonyl (C=O) groups is 1. The van der Waals surface area contributed by atoms with E-state index in [9.17, 15) is 9.90 Å². The summed E-state index contributed by atoms with van der Waals surface area (Å²) in [4.78, 5) is 12.8. The average molecular weight is 371 g/mol. The van der Waals surface area contributed by atoms with Crippen molar-refractivity contribution in [3.05, 3.63) is 36.4 Å². The molecule has 0 fully saturated rings. The lowest BCUT2D eigenvalue weighted by atomic mass is 10.2. The van der Waals surface area contributed by atoms with Gasteiger partial charge >= 0.3 is 0 Å². The van der Waals surface area contributed by atoms with Gasteiger partial charge in [0.1, 0.15) is 18.1 Å². The van der Waals surface area contributed by atoms with Crippen molar-refractivity contribution in [2.24, 2.45) is 0 Å². The molecular weight excluding hydrogens is 350 g/mol. The van der Waals surface area contributed by atoms with Crippen LogP contribution in [0.5, 0.6) is 17.2 Å². The minimum Gasteiger partial charge on any atom is -0.505 e. The molecule has 2 aromatic carbocycles. The van der Waals surface area contributed by atoms with Crippen molar-refractivity contribution in [3.8, 4) is 29.1 Å². The van der Waals surface area contributed by atoms with Crippen LogP contribution in [-0.4, -0.2) is 24.2 Å². The molecule has 2 aromatic rings. The predicted molar refractivity (Wildman–Crippen MR) is 103 cm³/mol. The van der Waals surface area contributed by atoms with Crippen LogP contribution in [0.2, 0.25) is 0 Å². The second kappa shape index (κ2) is 9.64. The smallest absolute Gasteiger partial charge is 0.221 e. The quantitative estimate of drug-likeness (QED) is 0.561. The summed E-state index contributed by atoms with van der Waals surface area (Å²) in [5.41, 5.74) is 0.349. The van der Waals surface area contributed by atoms with E-state index in [1.807, 2.05) is 31.2 Å². The van der Waals surface area contributed by atoms with E-state index >= 15 is 0 Å². The van der Waals surface area contributed by atoms with Crippen molar-refractivity contribution in [1.29, 1.82) is 0 Å². The summed E-state index contributed by atoms with van der Waals surface area (Å²) in [5.74, 6) is 6.62. The predicted octanol–water partition coefficient (Wildman–Crippen LogP) is 4.30. The molecule has 0 aromatic heterocycles. The van der Waals surface area contributed by atoms with Gasteiger partial charge in [-0.25, -0.2) is 0 Å². The minimum absolute atomic E-state index is 0.0188. The standard InChI is InChI=1S/C20H21NO4S/c1-4-6-13-25-15-7-9-16(10-8-15)26-20-18(24-5-2)12-11-17(19(20)23)21-14(3)22/h7-12,23H,5,13H2,1-3H3,(H,21,22). The zero-order chi connectivity index (χ0) is 18.9. The molecule has 6 heteroatoms. The molecule has 26 heavy (non-hydrogen) atoms. The first-order chi connectivity index (χ1) is 12.5. The molecule has 1 amide bonds. The fraction of sp³-hybridized carbons (Fsp3) is 0.250. The molecule has 0 spiro atoms. The van der Waals surface area contributed by atoms with E-state index in [-0.39, 0.29) is 11.7 Å². The summed E-state index contributed by atoms with van der Waals surface area (Å²) in [6.45, 7) is 5.85. The number of hydrogen-bond acceptors (Lipinski definition) is 5. The third kappa shape index (κ3) is 5.36. The number of nitrogens with one attached hydrogen (secondary N) is 1. The van der Waals surface area contributed by atoms with Crippen molar-refractivity contribution in [2.45, 2.75) is 30.6 Å². The van der Waals surface area contributed by atoms with Gasteiger partial charge in [-0.05, 0) is 50.2 Å². The van der Waals surface area contributed by atoms with E-state index in [1.165, 1.54) is 18.7 Å². The molecule has 0 aliphatic heterocycles. The van der Waals surface area contributed by atoms with Gasteiger partial charge in [-0.3, -0.25) is 4.79 Å². The molecule has 0 unspecified atom stereocenters. The van der Waals surface area contributed by atoms with Gasteiger partial charge in [-0.15, -0.1) is 5.92 Å². The number of ether oxygens (including phenoxy) is 2. The van der Waals surface area contributed by atoms with Crippen LogP contribution >= 0.6 is 11.8 Å². The highest BCUT2D eigenvalue weighted by Gasteiger charge is 2.16. The molecular formula is C20H21NO4S. The number of phenols is 1. The number of anilines is 1. The number of amides is 1. The van der Waals surface area contributed by atoms with Crippen molar-refractivity contribution in [3.63, 3.8) is 0 Å². The summed E-state index contributed by atoms with van der Waals surface area (Å²) in [5, 5.41) is 13.2. The minimum atomic E-state index is -0.253. The van der Waals surface area contributed by atoms with Crippen LogP contribution in [0.25, 0.3) is 0 Å². The summed E-state index contributed by atoms with van der Waals surface area (Å²) in [7, 11) is 0. The molecule has 0 saturated carbocycles. The molecule has 5 nitrogen and oxygen atoms in total. The molecule has 0 saturated heterocycles. The molecule has 0 aliphatic carbocycles. The van der Waals surface area contributed by atoms with E-state index < -0.39 is 0 Å². The molecule has 0 aliphatic rings. The van der Waals surface area contributed by atoms with Crippen LogP contribution in [0.1, 0.15) is 20.8 Å². The second-order valence-corrected chi connectivity index (χ2v) is 6.28. The van der Waals surface area contributed by atoms with E-state index in [4.69, 9.17) is 9.47 Å². The van der Waals surface area contributed by atoms with E-state index in [0.717, 1.165) is 10.6 Å². The van der Waals surface area contributed by atoms with Gasteiger partial charge in [0.25, 0.3) is 0 Å². The molecule has 136 valence electrons. The average Bonchev–Trinajstić information content (AvgIpc) is 2.62. The molecule has 0 heterocycles. The lowest BCUT2D eigenvalue weighted by Crippen LogP contribution is -2.06. The van der Waals surface area contributed by atoms with Crippen LogP contribution in [0.4, 0.5) is 5.69 Å². The third-order valence-electron chi connectivity index (χ3n) is 3.24. The Kier molecular flexibility index (Phi) is 7.24. The van der Waals surface area contributed by atoms with Crippen LogP contribution in [0.3, 0.4) is 0 Å². The fourth-order valence-corrected chi connectivity index (χ4v) is 3.07. The van der Waals surface area contributed by atoms with Gasteiger partial charge in [-0.1, -0.05) is 17.7 Å². The van der Waals surface area contributed by atoms with Crippen LogP contribution in [0.15, 0.2) is 46.2 Å². The third-order valence-corrected chi connectivity index (χ3v) is 4.34. The molecule has 0 radical (unpaired) electrons. The zero-order valence-electron chi connectivity index (χ0n) is 15.0. The normalized spacial score (nSPS) is 9.81. The number of hydrogen-bond donors (Lipinski definition) is 2. The lowest BCUT2D eigenvalue weighted by molar-refractivity contribution is -0.114. The monoisotopic (exact) mass is 371 g/mol. The fourth-order valence-electron chi connectivity index (χ4n) is 2.12. The van der Waals surface area contributed by atoms with E-state index in [2.05, 4.69) is 17.2 Å². The van der Waals surface area contributed by atoms with Crippen molar-refractivity contribution >= 4 is 23.4 Å². The van der Waals surface area contributed by atoms with Crippen LogP contribution in [-0.2, 0) is 4.79 Å². The summed E-state index contributed by atoms with van der Waals surface area (Å²) in [6, 6.07) is 10.8. The highest BCUT2D eigenvalue weighted by atomic mass is 32.2. The first-order valence-corrected chi connectivity index (χ1v) is 8.93. The van der Waals surface area contributed by atoms with Crippen LogP contribution in [0, 0.1) is 11.8 Å². The first-order valence-electron chi connectivity index (χ1n) is 8.11. The lowest BCUT2D eigenvalue weighted by Gasteiger charge is -2.15. The van der Waals surface area contributed by atoms with Crippen molar-refractivity contribution in [2.75, 3.05) is 18.5 Å². The Morgan fingerprint density at radius 2 is 1.92 bits per heavy atom. The van der Waals surface area contributed by atoms with E-state index in [1.54, 1.807) is 19.1 Å². The Balaban J connectivity index is 2.25. The summed E-state index contributed by atoms with van der Waals surface area (Å²) < 4.78 is 11.1. The van der Waals surface area contributed by atoms with Crippen molar-refractivity contribution in [1.82, 2.24) is 0 Å². The SMILES string of the molecule is CC#CCOc1ccc(Sc2c(OCC)ccc(NC(C)=O)c2O)cc1. The largest absolute Gasteiger partial charge is 0.505 e.